The lowest BCUT2D eigenvalue weighted by Crippen LogP contribution is -2.62. The molecule has 10 atom stereocenters. The summed E-state index contributed by atoms with van der Waals surface area (Å²) in [5.74, 6) is -1.56. The maximum Gasteiger partial charge on any atom is 0.335 e. The Morgan fingerprint density at radius 2 is 1.28 bits per heavy atom. The molecule has 2 aliphatic rings. The van der Waals surface area contributed by atoms with Gasteiger partial charge in [0.05, 0.1) is 6.61 Å². The van der Waals surface area contributed by atoms with E-state index >= 15 is 0 Å². The molecule has 0 aromatic heterocycles. The number of aliphatic hydroxyl groups is 6. The van der Waals surface area contributed by atoms with Gasteiger partial charge < -0.3 is 54.7 Å². The molecule has 12 nitrogen and oxygen atoms in total. The topological polar surface area (TPSA) is 196 Å². The zero-order valence-corrected chi connectivity index (χ0v) is 18.1. The molecule has 0 spiro atoms. The van der Waals surface area contributed by atoms with Gasteiger partial charge in [-0.15, -0.1) is 0 Å². The van der Waals surface area contributed by atoms with Crippen LogP contribution in [0, 0.1) is 0 Å². The normalized spacial score (nSPS) is 40.3. The summed E-state index contributed by atoms with van der Waals surface area (Å²) in [5, 5.41) is 69.0. The highest BCUT2D eigenvalue weighted by Crippen LogP contribution is 2.26. The minimum Gasteiger partial charge on any atom is -0.479 e. The fourth-order valence-electron chi connectivity index (χ4n) is 3.65. The Kier molecular flexibility index (Phi) is 11.2. The zero-order chi connectivity index (χ0) is 23.8. The van der Waals surface area contributed by atoms with E-state index in [9.17, 15) is 35.4 Å². The van der Waals surface area contributed by atoms with Gasteiger partial charge in [-0.3, -0.25) is 0 Å². The first-order valence-electron chi connectivity index (χ1n) is 11.0. The molecular weight excluding hydrogens is 432 g/mol. The molecule has 0 radical (unpaired) electrons. The monoisotopic (exact) mass is 468 g/mol. The van der Waals surface area contributed by atoms with E-state index in [0.717, 1.165) is 32.1 Å². The Morgan fingerprint density at radius 3 is 1.91 bits per heavy atom. The van der Waals surface area contributed by atoms with Gasteiger partial charge in [0.25, 0.3) is 0 Å². The van der Waals surface area contributed by atoms with E-state index < -0.39 is 74.0 Å². The van der Waals surface area contributed by atoms with Crippen molar-refractivity contribution in [1.29, 1.82) is 0 Å². The van der Waals surface area contributed by atoms with Crippen LogP contribution in [0.1, 0.15) is 45.4 Å². The summed E-state index contributed by atoms with van der Waals surface area (Å²) in [5.41, 5.74) is 0. The van der Waals surface area contributed by atoms with Gasteiger partial charge >= 0.3 is 5.97 Å². The smallest absolute Gasteiger partial charge is 0.335 e. The molecule has 0 aromatic carbocycles. The number of ether oxygens (including phenoxy) is 4. The van der Waals surface area contributed by atoms with Crippen LogP contribution in [0.3, 0.4) is 0 Å². The summed E-state index contributed by atoms with van der Waals surface area (Å²) in [6, 6.07) is 0. The third-order valence-electron chi connectivity index (χ3n) is 5.69. The summed E-state index contributed by atoms with van der Waals surface area (Å²) in [6.45, 7) is 1.92. The lowest BCUT2D eigenvalue weighted by molar-refractivity contribution is -0.327. The number of hydrogen-bond donors (Lipinski definition) is 7. The fraction of sp³-hybridized carbons (Fsp3) is 0.950. The number of unbranched alkanes of at least 4 members (excludes halogenated alkanes) is 5. The molecule has 32 heavy (non-hydrogen) atoms. The standard InChI is InChI=1S/C20H36O12/c1-2-3-4-5-6-7-8-29-19-15(25)12(22)11(21)10(31-19)9-30-20-16(26)13(23)14(24)17(32-20)18(27)28/h10-17,19-26H,2-9H2,1H3,(H,27,28)/t10-,11-,12+,13+,14-,15-,16-,17+,19-,20+/m1/s1. The first-order valence-corrected chi connectivity index (χ1v) is 11.0. The molecule has 2 saturated heterocycles. The number of hydrogen-bond acceptors (Lipinski definition) is 11. The van der Waals surface area contributed by atoms with Crippen molar-refractivity contribution in [1.82, 2.24) is 0 Å². The molecule has 2 fully saturated rings. The second-order valence-electron chi connectivity index (χ2n) is 8.22. The van der Waals surface area contributed by atoms with Gasteiger partial charge in [-0.05, 0) is 6.42 Å². The number of carboxylic acid groups (broad SMARTS) is 1. The highest BCUT2D eigenvalue weighted by molar-refractivity contribution is 5.73. The van der Waals surface area contributed by atoms with E-state index in [1.807, 2.05) is 0 Å². The molecule has 0 unspecified atom stereocenters. The lowest BCUT2D eigenvalue weighted by Gasteiger charge is -2.42. The summed E-state index contributed by atoms with van der Waals surface area (Å²) in [7, 11) is 0. The van der Waals surface area contributed by atoms with Crippen molar-refractivity contribution in [3.8, 4) is 0 Å². The molecule has 7 N–H and O–H groups in total. The molecule has 0 saturated carbocycles. The van der Waals surface area contributed by atoms with Gasteiger partial charge in [0.2, 0.25) is 0 Å². The van der Waals surface area contributed by atoms with Crippen molar-refractivity contribution >= 4 is 5.97 Å². The van der Waals surface area contributed by atoms with Gasteiger partial charge in [0, 0.05) is 6.61 Å². The Balaban J connectivity index is 1.86. The first kappa shape index (κ1) is 27.3. The molecule has 0 aromatic rings. The molecule has 0 bridgehead atoms. The Labute approximate surface area is 186 Å². The predicted octanol–water partition coefficient (Wildman–Crippen LogP) is -1.92. The van der Waals surface area contributed by atoms with E-state index in [-0.39, 0.29) is 6.61 Å². The molecule has 0 amide bonds. The van der Waals surface area contributed by atoms with Crippen LogP contribution in [0.25, 0.3) is 0 Å². The largest absolute Gasteiger partial charge is 0.479 e. The van der Waals surface area contributed by atoms with Crippen LogP contribution in [0.4, 0.5) is 0 Å². The van der Waals surface area contributed by atoms with Crippen LogP contribution in [-0.4, -0.2) is 116 Å². The SMILES string of the molecule is CCCCCCCCO[C@@H]1O[C@H](CO[C@H]2O[C@H](C(=O)O)[C@H](O)[C@H](O)[C@H]2O)[C@@H](O)[C@H](O)[C@H]1O. The van der Waals surface area contributed by atoms with E-state index in [1.54, 1.807) is 0 Å². The quantitative estimate of drug-likeness (QED) is 0.157. The van der Waals surface area contributed by atoms with Crippen molar-refractivity contribution in [2.24, 2.45) is 0 Å². The Morgan fingerprint density at radius 1 is 0.719 bits per heavy atom. The molecule has 188 valence electrons. The van der Waals surface area contributed by atoms with Crippen LogP contribution in [0.2, 0.25) is 0 Å². The van der Waals surface area contributed by atoms with Gasteiger partial charge in [-0.25, -0.2) is 4.79 Å². The summed E-state index contributed by atoms with van der Waals surface area (Å²) in [4.78, 5) is 11.2. The third kappa shape index (κ3) is 7.03. The average Bonchev–Trinajstić information content (AvgIpc) is 2.76. The van der Waals surface area contributed by atoms with Crippen molar-refractivity contribution < 1.29 is 59.5 Å². The minimum absolute atomic E-state index is 0.277. The maximum absolute atomic E-state index is 11.2. The van der Waals surface area contributed by atoms with Crippen molar-refractivity contribution in [2.45, 2.75) is 107 Å². The van der Waals surface area contributed by atoms with Gasteiger partial charge in [-0.2, -0.15) is 0 Å². The maximum atomic E-state index is 11.2. The van der Waals surface area contributed by atoms with Crippen LogP contribution >= 0.6 is 0 Å². The second kappa shape index (κ2) is 13.1. The van der Waals surface area contributed by atoms with Crippen LogP contribution in [0.5, 0.6) is 0 Å². The van der Waals surface area contributed by atoms with E-state index in [2.05, 4.69) is 6.92 Å². The predicted molar refractivity (Wildman–Crippen MR) is 106 cm³/mol. The second-order valence-corrected chi connectivity index (χ2v) is 8.22. The van der Waals surface area contributed by atoms with Crippen LogP contribution in [-0.2, 0) is 23.7 Å². The lowest BCUT2D eigenvalue weighted by atomic mass is 9.98. The summed E-state index contributed by atoms with van der Waals surface area (Å²) in [6.07, 6.45) is -9.86. The number of carbonyl (C=O) groups is 1. The minimum atomic E-state index is -1.87. The van der Waals surface area contributed by atoms with Gasteiger partial charge in [0.15, 0.2) is 18.7 Å². The van der Waals surface area contributed by atoms with Crippen molar-refractivity contribution in [2.75, 3.05) is 13.2 Å². The van der Waals surface area contributed by atoms with E-state index in [4.69, 9.17) is 24.1 Å². The van der Waals surface area contributed by atoms with E-state index in [0.29, 0.717) is 0 Å². The molecule has 12 heteroatoms. The van der Waals surface area contributed by atoms with E-state index in [1.165, 1.54) is 6.42 Å². The molecule has 0 aliphatic carbocycles. The molecule has 2 aliphatic heterocycles. The molecule has 2 heterocycles. The van der Waals surface area contributed by atoms with Gasteiger partial charge in [0.1, 0.15) is 42.7 Å². The van der Waals surface area contributed by atoms with Crippen LogP contribution < -0.4 is 0 Å². The zero-order valence-electron chi connectivity index (χ0n) is 18.1. The van der Waals surface area contributed by atoms with Gasteiger partial charge in [-0.1, -0.05) is 39.0 Å². The van der Waals surface area contributed by atoms with Crippen molar-refractivity contribution in [3.63, 3.8) is 0 Å². The third-order valence-corrected chi connectivity index (χ3v) is 5.69. The molecular formula is C20H36O12. The average molecular weight is 468 g/mol. The molecule has 2 rings (SSSR count). The van der Waals surface area contributed by atoms with Crippen molar-refractivity contribution in [3.05, 3.63) is 0 Å². The van der Waals surface area contributed by atoms with Crippen LogP contribution in [0.15, 0.2) is 0 Å². The number of aliphatic carboxylic acids is 1. The number of aliphatic hydroxyl groups excluding tert-OH is 6. The highest BCUT2D eigenvalue weighted by atomic mass is 16.7. The number of carboxylic acids is 1. The summed E-state index contributed by atoms with van der Waals surface area (Å²) < 4.78 is 21.3. The highest BCUT2D eigenvalue weighted by Gasteiger charge is 2.49. The Hall–Kier alpha value is -0.930. The first-order chi connectivity index (χ1) is 15.2. The Bertz CT molecular complexity index is 563. The fourth-order valence-corrected chi connectivity index (χ4v) is 3.65. The summed E-state index contributed by atoms with van der Waals surface area (Å²) >= 11 is 0. The number of rotatable bonds is 12.